The van der Waals surface area contributed by atoms with Crippen molar-refractivity contribution in [2.45, 2.75) is 31.9 Å². The molecule has 0 aromatic heterocycles. The molecule has 1 aliphatic heterocycles. The van der Waals surface area contributed by atoms with E-state index in [1.54, 1.807) is 0 Å². The Morgan fingerprint density at radius 2 is 2.22 bits per heavy atom. The summed E-state index contributed by atoms with van der Waals surface area (Å²) in [4.78, 5) is 22.3. The summed E-state index contributed by atoms with van der Waals surface area (Å²) < 4.78 is 10.5. The van der Waals surface area contributed by atoms with Gasteiger partial charge in [-0.05, 0) is 6.42 Å². The van der Waals surface area contributed by atoms with E-state index in [4.69, 9.17) is 14.6 Å². The Morgan fingerprint density at radius 3 is 2.78 bits per heavy atom. The summed E-state index contributed by atoms with van der Waals surface area (Å²) in [5.41, 5.74) is 0. The van der Waals surface area contributed by atoms with E-state index in [1.807, 2.05) is 6.92 Å². The Labute approximate surface area is 106 Å². The van der Waals surface area contributed by atoms with Gasteiger partial charge in [-0.25, -0.2) is 9.59 Å². The maximum absolute atomic E-state index is 11.5. The SMILES string of the molecule is CCC[C@H](NC(=O)NCC1COCCO1)C(=O)O. The molecule has 1 aliphatic rings. The van der Waals surface area contributed by atoms with Gasteiger partial charge in [0.15, 0.2) is 0 Å². The molecule has 0 bridgehead atoms. The molecule has 1 saturated heterocycles. The third-order valence-corrected chi connectivity index (χ3v) is 2.56. The largest absolute Gasteiger partial charge is 0.480 e. The Morgan fingerprint density at radius 1 is 1.44 bits per heavy atom. The summed E-state index contributed by atoms with van der Waals surface area (Å²) in [6, 6.07) is -1.34. The molecule has 0 aromatic rings. The van der Waals surface area contributed by atoms with Gasteiger partial charge in [-0.1, -0.05) is 13.3 Å². The Kier molecular flexibility index (Phi) is 6.45. The van der Waals surface area contributed by atoms with Crippen LogP contribution in [0.2, 0.25) is 0 Å². The number of rotatable bonds is 6. The van der Waals surface area contributed by atoms with E-state index >= 15 is 0 Å². The van der Waals surface area contributed by atoms with E-state index in [0.717, 1.165) is 0 Å². The topological polar surface area (TPSA) is 96.9 Å². The molecular weight excluding hydrogens is 240 g/mol. The third-order valence-electron chi connectivity index (χ3n) is 2.56. The first-order valence-corrected chi connectivity index (χ1v) is 6.10. The van der Waals surface area contributed by atoms with Crippen LogP contribution in [-0.2, 0) is 14.3 Å². The van der Waals surface area contributed by atoms with Crippen molar-refractivity contribution in [2.24, 2.45) is 0 Å². The monoisotopic (exact) mass is 260 g/mol. The second-order valence-electron chi connectivity index (χ2n) is 4.10. The minimum absolute atomic E-state index is 0.168. The number of nitrogens with one attached hydrogen (secondary N) is 2. The summed E-state index contributed by atoms with van der Waals surface area (Å²) in [6.45, 7) is 3.70. The lowest BCUT2D eigenvalue weighted by molar-refractivity contribution is -0.139. The number of hydrogen-bond acceptors (Lipinski definition) is 4. The van der Waals surface area contributed by atoms with E-state index < -0.39 is 18.0 Å². The minimum Gasteiger partial charge on any atom is -0.480 e. The molecule has 3 N–H and O–H groups in total. The van der Waals surface area contributed by atoms with Crippen molar-refractivity contribution >= 4 is 12.0 Å². The number of aliphatic carboxylic acids is 1. The first-order chi connectivity index (χ1) is 8.63. The lowest BCUT2D eigenvalue weighted by atomic mass is 10.2. The number of urea groups is 1. The molecule has 7 heteroatoms. The zero-order valence-electron chi connectivity index (χ0n) is 10.5. The van der Waals surface area contributed by atoms with E-state index in [0.29, 0.717) is 39.2 Å². The highest BCUT2D eigenvalue weighted by molar-refractivity contribution is 5.82. The molecule has 1 fully saturated rings. The molecule has 0 aliphatic carbocycles. The highest BCUT2D eigenvalue weighted by Gasteiger charge is 2.20. The highest BCUT2D eigenvalue weighted by atomic mass is 16.6. The molecule has 7 nitrogen and oxygen atoms in total. The predicted molar refractivity (Wildman–Crippen MR) is 63.4 cm³/mol. The number of amides is 2. The van der Waals surface area contributed by atoms with Crippen molar-refractivity contribution in [3.63, 3.8) is 0 Å². The fraction of sp³-hybridized carbons (Fsp3) is 0.818. The van der Waals surface area contributed by atoms with Crippen molar-refractivity contribution < 1.29 is 24.2 Å². The Hall–Kier alpha value is -1.34. The fourth-order valence-electron chi connectivity index (χ4n) is 1.62. The highest BCUT2D eigenvalue weighted by Crippen LogP contribution is 1.99. The first-order valence-electron chi connectivity index (χ1n) is 6.10. The van der Waals surface area contributed by atoms with Gasteiger partial charge in [0.2, 0.25) is 0 Å². The lowest BCUT2D eigenvalue weighted by Crippen LogP contribution is -2.49. The van der Waals surface area contributed by atoms with Crippen LogP contribution in [0.3, 0.4) is 0 Å². The van der Waals surface area contributed by atoms with Gasteiger partial charge in [-0.3, -0.25) is 0 Å². The molecule has 1 unspecified atom stereocenters. The van der Waals surface area contributed by atoms with Crippen molar-refractivity contribution in [2.75, 3.05) is 26.4 Å². The molecule has 18 heavy (non-hydrogen) atoms. The van der Waals surface area contributed by atoms with Crippen LogP contribution in [0.4, 0.5) is 4.79 Å². The molecule has 0 spiro atoms. The molecule has 0 saturated carbocycles. The van der Waals surface area contributed by atoms with Gasteiger partial charge >= 0.3 is 12.0 Å². The van der Waals surface area contributed by atoms with E-state index in [9.17, 15) is 9.59 Å². The van der Waals surface area contributed by atoms with Crippen LogP contribution in [0.25, 0.3) is 0 Å². The normalized spacial score (nSPS) is 21.1. The van der Waals surface area contributed by atoms with Crippen LogP contribution < -0.4 is 10.6 Å². The molecule has 1 heterocycles. The lowest BCUT2D eigenvalue weighted by Gasteiger charge is -2.23. The van der Waals surface area contributed by atoms with Crippen LogP contribution in [0.5, 0.6) is 0 Å². The predicted octanol–water partition coefficient (Wildman–Crippen LogP) is -0.0457. The second-order valence-corrected chi connectivity index (χ2v) is 4.10. The maximum Gasteiger partial charge on any atom is 0.326 e. The van der Waals surface area contributed by atoms with Crippen LogP contribution in [-0.4, -0.2) is 55.6 Å². The summed E-state index contributed by atoms with van der Waals surface area (Å²) in [5.74, 6) is -1.02. The number of carbonyl (C=O) groups excluding carboxylic acids is 1. The molecule has 0 aromatic carbocycles. The summed E-state index contributed by atoms with van der Waals surface area (Å²) in [6.07, 6.45) is 0.932. The van der Waals surface area contributed by atoms with Crippen LogP contribution in [0, 0.1) is 0 Å². The van der Waals surface area contributed by atoms with Gasteiger partial charge in [0.25, 0.3) is 0 Å². The zero-order chi connectivity index (χ0) is 13.4. The van der Waals surface area contributed by atoms with Gasteiger partial charge in [0, 0.05) is 6.54 Å². The Bertz CT molecular complexity index is 279. The summed E-state index contributed by atoms with van der Waals surface area (Å²) in [5, 5.41) is 13.9. The molecule has 0 radical (unpaired) electrons. The van der Waals surface area contributed by atoms with Crippen molar-refractivity contribution in [3.8, 4) is 0 Å². The standard InChI is InChI=1S/C11H20N2O5/c1-2-3-9(10(14)15)13-11(16)12-6-8-7-17-4-5-18-8/h8-9H,2-7H2,1H3,(H,14,15)(H2,12,13,16)/t8?,9-/m0/s1. The molecular formula is C11H20N2O5. The second kappa shape index (κ2) is 7.88. The van der Waals surface area contributed by atoms with Crippen molar-refractivity contribution in [1.29, 1.82) is 0 Å². The van der Waals surface area contributed by atoms with E-state index in [2.05, 4.69) is 10.6 Å². The van der Waals surface area contributed by atoms with Crippen LogP contribution in [0.1, 0.15) is 19.8 Å². The fourth-order valence-corrected chi connectivity index (χ4v) is 1.62. The van der Waals surface area contributed by atoms with E-state index in [1.165, 1.54) is 0 Å². The summed E-state index contributed by atoms with van der Waals surface area (Å²) >= 11 is 0. The summed E-state index contributed by atoms with van der Waals surface area (Å²) in [7, 11) is 0. The average Bonchev–Trinajstić information content (AvgIpc) is 2.37. The zero-order valence-corrected chi connectivity index (χ0v) is 10.5. The van der Waals surface area contributed by atoms with Crippen LogP contribution >= 0.6 is 0 Å². The van der Waals surface area contributed by atoms with Crippen molar-refractivity contribution in [3.05, 3.63) is 0 Å². The Balaban J connectivity index is 2.24. The third kappa shape index (κ3) is 5.33. The van der Waals surface area contributed by atoms with Gasteiger partial charge in [-0.2, -0.15) is 0 Å². The maximum atomic E-state index is 11.5. The number of hydrogen-bond donors (Lipinski definition) is 3. The molecule has 2 atom stereocenters. The van der Waals surface area contributed by atoms with Gasteiger partial charge < -0.3 is 25.2 Å². The van der Waals surface area contributed by atoms with Crippen molar-refractivity contribution in [1.82, 2.24) is 10.6 Å². The number of ether oxygens (including phenoxy) is 2. The number of carbonyl (C=O) groups is 2. The number of carboxylic acid groups (broad SMARTS) is 1. The average molecular weight is 260 g/mol. The molecule has 104 valence electrons. The van der Waals surface area contributed by atoms with E-state index in [-0.39, 0.29) is 6.10 Å². The first kappa shape index (κ1) is 14.7. The van der Waals surface area contributed by atoms with Crippen LogP contribution in [0.15, 0.2) is 0 Å². The minimum atomic E-state index is -1.02. The van der Waals surface area contributed by atoms with Gasteiger partial charge in [0.1, 0.15) is 6.04 Å². The quantitative estimate of drug-likeness (QED) is 0.622. The number of carboxylic acids is 1. The molecule has 2 amide bonds. The van der Waals surface area contributed by atoms with Gasteiger partial charge in [-0.15, -0.1) is 0 Å². The van der Waals surface area contributed by atoms with Gasteiger partial charge in [0.05, 0.1) is 25.9 Å². The smallest absolute Gasteiger partial charge is 0.326 e. The molecule has 1 rings (SSSR count).